The van der Waals surface area contributed by atoms with Gasteiger partial charge in [0.25, 0.3) is 0 Å². The summed E-state index contributed by atoms with van der Waals surface area (Å²) >= 11 is 0. The molecule has 1 N–H and O–H groups in total. The number of hydrogen-bond acceptors (Lipinski definition) is 3. The van der Waals surface area contributed by atoms with Crippen molar-refractivity contribution in [2.75, 3.05) is 6.61 Å². The van der Waals surface area contributed by atoms with E-state index in [4.69, 9.17) is 4.74 Å². The number of benzene rings is 2. The number of carbonyl (C=O) groups excluding carboxylic acids is 2. The molecule has 2 aromatic carbocycles. The average Bonchev–Trinajstić information content (AvgIpc) is 3.33. The summed E-state index contributed by atoms with van der Waals surface area (Å²) in [7, 11) is 1.91. The van der Waals surface area contributed by atoms with E-state index in [1.807, 2.05) is 84.5 Å². The number of fused-ring (bicyclic) bond motifs is 1. The predicted molar refractivity (Wildman–Crippen MR) is 120 cm³/mol. The molecule has 0 bridgehead atoms. The van der Waals surface area contributed by atoms with Crippen molar-refractivity contribution in [1.29, 1.82) is 0 Å². The van der Waals surface area contributed by atoms with Crippen LogP contribution in [0.4, 0.5) is 0 Å². The van der Waals surface area contributed by atoms with E-state index in [2.05, 4.69) is 5.32 Å². The lowest BCUT2D eigenvalue weighted by Crippen LogP contribution is -2.33. The summed E-state index contributed by atoms with van der Waals surface area (Å²) in [5, 5.41) is 3.14. The minimum atomic E-state index is -0.436. The van der Waals surface area contributed by atoms with Crippen molar-refractivity contribution in [2.24, 2.45) is 7.05 Å². The van der Waals surface area contributed by atoms with E-state index in [1.165, 1.54) is 0 Å². The molecule has 0 saturated carbocycles. The van der Waals surface area contributed by atoms with Crippen LogP contribution in [0, 0.1) is 0 Å². The fourth-order valence-electron chi connectivity index (χ4n) is 3.81. The van der Waals surface area contributed by atoms with Gasteiger partial charge in [0.2, 0.25) is 5.91 Å². The van der Waals surface area contributed by atoms with Crippen LogP contribution in [0.15, 0.2) is 79.0 Å². The van der Waals surface area contributed by atoms with E-state index in [-0.39, 0.29) is 25.1 Å². The maximum absolute atomic E-state index is 13.2. The van der Waals surface area contributed by atoms with Gasteiger partial charge in [0, 0.05) is 13.2 Å². The monoisotopic (exact) mass is 415 g/mol. The average molecular weight is 415 g/mol. The molecule has 2 heterocycles. The largest absolute Gasteiger partial charge is 0.461 e. The van der Waals surface area contributed by atoms with Crippen LogP contribution >= 0.6 is 0 Å². The molecule has 0 aliphatic carbocycles. The number of nitrogens with zero attached hydrogens (tertiary/aromatic N) is 2. The molecule has 0 radical (unpaired) electrons. The fraction of sp³-hybridized carbons (Fsp3) is 0.200. The zero-order valence-electron chi connectivity index (χ0n) is 17.6. The Morgan fingerprint density at radius 3 is 2.13 bits per heavy atom. The molecule has 0 spiro atoms. The molecule has 0 saturated heterocycles. The van der Waals surface area contributed by atoms with Gasteiger partial charge in [-0.2, -0.15) is 0 Å². The Kier molecular flexibility index (Phi) is 5.89. The van der Waals surface area contributed by atoms with Crippen molar-refractivity contribution in [2.45, 2.75) is 19.5 Å². The summed E-state index contributed by atoms with van der Waals surface area (Å²) in [5.41, 5.74) is 4.04. The summed E-state index contributed by atoms with van der Waals surface area (Å²) in [6.45, 7) is 2.05. The number of ether oxygens (including phenoxy) is 1. The first kappa shape index (κ1) is 20.5. The molecular formula is C25H25N3O3. The lowest BCUT2D eigenvalue weighted by atomic mass is 9.99. The standard InChI is InChI=1S/C25H25N3O3/c1-3-31-25(30)22-16-21-20(14-15-27(21)2)28(22)17-23(29)26-24(18-10-6-4-7-11-18)19-12-8-5-9-13-19/h4-16,24H,3,17H2,1-2H3,(H,26,29). The van der Waals surface area contributed by atoms with E-state index < -0.39 is 5.97 Å². The number of aromatic nitrogens is 2. The zero-order valence-corrected chi connectivity index (χ0v) is 17.6. The first-order chi connectivity index (χ1) is 15.1. The molecule has 31 heavy (non-hydrogen) atoms. The molecule has 158 valence electrons. The molecule has 0 atom stereocenters. The maximum Gasteiger partial charge on any atom is 0.355 e. The fourth-order valence-corrected chi connectivity index (χ4v) is 3.81. The van der Waals surface area contributed by atoms with Crippen molar-refractivity contribution in [1.82, 2.24) is 14.5 Å². The molecule has 6 heteroatoms. The molecule has 4 aromatic rings. The molecule has 0 fully saturated rings. The van der Waals surface area contributed by atoms with Crippen molar-refractivity contribution in [3.8, 4) is 0 Å². The van der Waals surface area contributed by atoms with Crippen LogP contribution in [-0.2, 0) is 23.1 Å². The van der Waals surface area contributed by atoms with Crippen molar-refractivity contribution in [3.63, 3.8) is 0 Å². The van der Waals surface area contributed by atoms with Crippen LogP contribution in [0.25, 0.3) is 11.0 Å². The van der Waals surface area contributed by atoms with Gasteiger partial charge in [-0.05, 0) is 30.2 Å². The van der Waals surface area contributed by atoms with Gasteiger partial charge >= 0.3 is 5.97 Å². The summed E-state index contributed by atoms with van der Waals surface area (Å²) in [4.78, 5) is 25.7. The van der Waals surface area contributed by atoms with Crippen molar-refractivity contribution < 1.29 is 14.3 Å². The second-order valence-corrected chi connectivity index (χ2v) is 7.36. The first-order valence-corrected chi connectivity index (χ1v) is 10.3. The van der Waals surface area contributed by atoms with Gasteiger partial charge in [-0.25, -0.2) is 4.79 Å². The van der Waals surface area contributed by atoms with Gasteiger partial charge in [-0.15, -0.1) is 0 Å². The van der Waals surface area contributed by atoms with Crippen LogP contribution < -0.4 is 5.32 Å². The summed E-state index contributed by atoms with van der Waals surface area (Å²) in [6.07, 6.45) is 1.91. The summed E-state index contributed by atoms with van der Waals surface area (Å²) in [5.74, 6) is -0.626. The van der Waals surface area contributed by atoms with E-state index in [9.17, 15) is 9.59 Å². The first-order valence-electron chi connectivity index (χ1n) is 10.3. The minimum Gasteiger partial charge on any atom is -0.461 e. The van der Waals surface area contributed by atoms with E-state index in [0.717, 1.165) is 22.2 Å². The predicted octanol–water partition coefficient (Wildman–Crippen LogP) is 4.06. The van der Waals surface area contributed by atoms with Crippen molar-refractivity contribution in [3.05, 3.63) is 95.8 Å². The Morgan fingerprint density at radius 2 is 1.55 bits per heavy atom. The topological polar surface area (TPSA) is 65.3 Å². The Balaban J connectivity index is 1.65. The summed E-state index contributed by atoms with van der Waals surface area (Å²) in [6, 6.07) is 23.1. The maximum atomic E-state index is 13.2. The van der Waals surface area contributed by atoms with Gasteiger partial charge in [-0.3, -0.25) is 4.79 Å². The molecule has 0 unspecified atom stereocenters. The molecule has 4 rings (SSSR count). The Bertz CT molecular complexity index is 1150. The second kappa shape index (κ2) is 8.92. The highest BCUT2D eigenvalue weighted by Crippen LogP contribution is 2.24. The number of esters is 1. The second-order valence-electron chi connectivity index (χ2n) is 7.36. The molecule has 0 aliphatic rings. The third-order valence-electron chi connectivity index (χ3n) is 5.31. The van der Waals surface area contributed by atoms with E-state index in [1.54, 1.807) is 17.6 Å². The van der Waals surface area contributed by atoms with Crippen LogP contribution in [0.1, 0.15) is 34.6 Å². The van der Waals surface area contributed by atoms with Crippen molar-refractivity contribution >= 4 is 22.9 Å². The highest BCUT2D eigenvalue weighted by Gasteiger charge is 2.22. The van der Waals surface area contributed by atoms with E-state index >= 15 is 0 Å². The van der Waals surface area contributed by atoms with Crippen LogP contribution in [0.3, 0.4) is 0 Å². The lowest BCUT2D eigenvalue weighted by molar-refractivity contribution is -0.122. The van der Waals surface area contributed by atoms with Crippen LogP contribution in [-0.4, -0.2) is 27.6 Å². The van der Waals surface area contributed by atoms with Gasteiger partial charge in [-0.1, -0.05) is 60.7 Å². The molecule has 2 aromatic heterocycles. The number of nitrogens with one attached hydrogen (secondary N) is 1. The zero-order chi connectivity index (χ0) is 21.8. The number of aryl methyl sites for hydroxylation is 1. The Morgan fingerprint density at radius 1 is 0.935 bits per heavy atom. The SMILES string of the molecule is CCOC(=O)c1cc2c(ccn2C)n1CC(=O)NC(c1ccccc1)c1ccccc1. The number of rotatable bonds is 7. The van der Waals surface area contributed by atoms with Gasteiger partial charge in [0.15, 0.2) is 0 Å². The van der Waals surface area contributed by atoms with E-state index in [0.29, 0.717) is 5.69 Å². The van der Waals surface area contributed by atoms with Crippen LogP contribution in [0.5, 0.6) is 0 Å². The summed E-state index contributed by atoms with van der Waals surface area (Å²) < 4.78 is 8.85. The highest BCUT2D eigenvalue weighted by molar-refractivity contribution is 5.96. The van der Waals surface area contributed by atoms with Crippen LogP contribution in [0.2, 0.25) is 0 Å². The third kappa shape index (κ3) is 4.23. The number of carbonyl (C=O) groups is 2. The van der Waals surface area contributed by atoms with Gasteiger partial charge in [0.1, 0.15) is 12.2 Å². The number of amides is 1. The minimum absolute atomic E-state index is 0.0117. The quantitative estimate of drug-likeness (QED) is 0.463. The molecule has 6 nitrogen and oxygen atoms in total. The lowest BCUT2D eigenvalue weighted by Gasteiger charge is -2.20. The third-order valence-corrected chi connectivity index (χ3v) is 5.31. The Hall–Kier alpha value is -3.80. The van der Waals surface area contributed by atoms with Gasteiger partial charge in [0.05, 0.1) is 23.7 Å². The number of hydrogen-bond donors (Lipinski definition) is 1. The molecular weight excluding hydrogens is 390 g/mol. The normalized spacial score (nSPS) is 11.1. The molecule has 1 amide bonds. The van der Waals surface area contributed by atoms with Gasteiger partial charge < -0.3 is 19.2 Å². The molecule has 0 aliphatic heterocycles. The highest BCUT2D eigenvalue weighted by atomic mass is 16.5. The Labute approximate surface area is 181 Å². The smallest absolute Gasteiger partial charge is 0.355 e.